The van der Waals surface area contributed by atoms with Crippen molar-refractivity contribution < 1.29 is 5.11 Å². The molecule has 0 unspecified atom stereocenters. The molecule has 1 aromatic carbocycles. The van der Waals surface area contributed by atoms with Gasteiger partial charge in [-0.2, -0.15) is 0 Å². The van der Waals surface area contributed by atoms with Crippen molar-refractivity contribution in [3.05, 3.63) is 59.5 Å². The molecule has 1 N–H and O–H groups in total. The van der Waals surface area contributed by atoms with Crippen LogP contribution in [0.2, 0.25) is 0 Å². The van der Waals surface area contributed by atoms with Gasteiger partial charge in [-0.15, -0.1) is 10.2 Å². The fraction of sp³-hybridized carbons (Fsp3) is 0.176. The van der Waals surface area contributed by atoms with Gasteiger partial charge in [0, 0.05) is 12.2 Å². The number of aromatic nitrogens is 4. The number of aryl methyl sites for hydroxylation is 2. The summed E-state index contributed by atoms with van der Waals surface area (Å²) in [6, 6.07) is 13.6. The van der Waals surface area contributed by atoms with Gasteiger partial charge in [-0.3, -0.25) is 4.40 Å². The van der Waals surface area contributed by atoms with Crippen molar-refractivity contribution in [2.24, 2.45) is 0 Å². The molecule has 0 fully saturated rings. The molecule has 0 spiro atoms. The molecule has 5 heteroatoms. The van der Waals surface area contributed by atoms with Crippen LogP contribution in [-0.2, 0) is 6.54 Å². The first-order chi connectivity index (χ1) is 10.6. The highest BCUT2D eigenvalue weighted by atomic mass is 16.3. The van der Waals surface area contributed by atoms with Gasteiger partial charge in [-0.25, -0.2) is 0 Å². The molecule has 4 rings (SSSR count). The van der Waals surface area contributed by atoms with Crippen LogP contribution in [0.5, 0.6) is 5.75 Å². The Hall–Kier alpha value is -2.82. The van der Waals surface area contributed by atoms with E-state index in [0.717, 1.165) is 34.6 Å². The van der Waals surface area contributed by atoms with Crippen LogP contribution in [0.1, 0.15) is 17.1 Å². The van der Waals surface area contributed by atoms with Crippen LogP contribution >= 0.6 is 0 Å². The van der Waals surface area contributed by atoms with Crippen LogP contribution in [0.3, 0.4) is 0 Å². The Kier molecular flexibility index (Phi) is 2.69. The number of phenols is 1. The van der Waals surface area contributed by atoms with Gasteiger partial charge in [-0.1, -0.05) is 12.1 Å². The maximum Gasteiger partial charge on any atom is 0.161 e. The van der Waals surface area contributed by atoms with Gasteiger partial charge in [0.2, 0.25) is 0 Å². The summed E-state index contributed by atoms with van der Waals surface area (Å²) in [7, 11) is 0. The average Bonchev–Trinajstić information content (AvgIpc) is 3.03. The van der Waals surface area contributed by atoms with E-state index in [1.807, 2.05) is 25.1 Å². The Morgan fingerprint density at radius 2 is 1.73 bits per heavy atom. The average molecular weight is 292 g/mol. The highest BCUT2D eigenvalue weighted by Crippen LogP contribution is 2.23. The molecule has 0 amide bonds. The number of hydrogen-bond acceptors (Lipinski definition) is 3. The van der Waals surface area contributed by atoms with E-state index >= 15 is 0 Å². The maximum atomic E-state index is 9.41. The van der Waals surface area contributed by atoms with Crippen LogP contribution in [0.25, 0.3) is 16.7 Å². The third-order valence-electron chi connectivity index (χ3n) is 4.08. The molecule has 3 aromatic heterocycles. The van der Waals surface area contributed by atoms with Crippen molar-refractivity contribution in [1.82, 2.24) is 19.2 Å². The highest BCUT2D eigenvalue weighted by Gasteiger charge is 2.11. The maximum absolute atomic E-state index is 9.41. The minimum Gasteiger partial charge on any atom is -0.508 e. The minimum absolute atomic E-state index is 0.291. The van der Waals surface area contributed by atoms with E-state index in [-0.39, 0.29) is 0 Å². The molecule has 0 bridgehead atoms. The predicted molar refractivity (Wildman–Crippen MR) is 85.2 cm³/mol. The van der Waals surface area contributed by atoms with Gasteiger partial charge >= 0.3 is 0 Å². The number of rotatable bonds is 2. The minimum atomic E-state index is 0.291. The van der Waals surface area contributed by atoms with Gasteiger partial charge in [0.25, 0.3) is 0 Å². The summed E-state index contributed by atoms with van der Waals surface area (Å²) in [6.45, 7) is 4.83. The SMILES string of the molecule is Cc1cc2c(ccc3nnc(C)n32)n1Cc1ccc(O)cc1. The van der Waals surface area contributed by atoms with Gasteiger partial charge < -0.3 is 9.67 Å². The molecular weight excluding hydrogens is 276 g/mol. The van der Waals surface area contributed by atoms with Crippen LogP contribution in [-0.4, -0.2) is 24.3 Å². The van der Waals surface area contributed by atoms with E-state index in [1.165, 1.54) is 5.69 Å². The van der Waals surface area contributed by atoms with E-state index in [4.69, 9.17) is 0 Å². The van der Waals surface area contributed by atoms with Gasteiger partial charge in [0.15, 0.2) is 5.65 Å². The Balaban J connectivity index is 1.90. The molecule has 0 aliphatic rings. The van der Waals surface area contributed by atoms with Crippen molar-refractivity contribution in [2.45, 2.75) is 20.4 Å². The smallest absolute Gasteiger partial charge is 0.161 e. The number of nitrogens with zero attached hydrogens (tertiary/aromatic N) is 4. The fourth-order valence-electron chi connectivity index (χ4n) is 2.96. The molecule has 4 aromatic rings. The number of aromatic hydroxyl groups is 1. The Morgan fingerprint density at radius 1 is 0.955 bits per heavy atom. The molecule has 22 heavy (non-hydrogen) atoms. The van der Waals surface area contributed by atoms with Crippen LogP contribution in [0.15, 0.2) is 42.5 Å². The van der Waals surface area contributed by atoms with Crippen molar-refractivity contribution in [3.8, 4) is 5.75 Å². The summed E-state index contributed by atoms with van der Waals surface area (Å²) in [4.78, 5) is 0. The zero-order chi connectivity index (χ0) is 15.3. The highest BCUT2D eigenvalue weighted by molar-refractivity contribution is 5.81. The zero-order valence-corrected chi connectivity index (χ0v) is 12.5. The summed E-state index contributed by atoms with van der Waals surface area (Å²) < 4.78 is 4.34. The quantitative estimate of drug-likeness (QED) is 0.618. The van der Waals surface area contributed by atoms with E-state index in [9.17, 15) is 5.11 Å². The first-order valence-corrected chi connectivity index (χ1v) is 7.22. The molecule has 0 saturated carbocycles. The van der Waals surface area contributed by atoms with Crippen molar-refractivity contribution >= 4 is 16.7 Å². The van der Waals surface area contributed by atoms with Crippen molar-refractivity contribution in [3.63, 3.8) is 0 Å². The molecule has 0 saturated heterocycles. The summed E-state index contributed by atoms with van der Waals surface area (Å²) in [6.07, 6.45) is 0. The number of hydrogen-bond donors (Lipinski definition) is 1. The van der Waals surface area contributed by atoms with Gasteiger partial charge in [0.05, 0.1) is 11.0 Å². The van der Waals surface area contributed by atoms with Crippen LogP contribution in [0, 0.1) is 13.8 Å². The van der Waals surface area contributed by atoms with E-state index in [1.54, 1.807) is 12.1 Å². The number of benzene rings is 1. The molecule has 110 valence electrons. The lowest BCUT2D eigenvalue weighted by atomic mass is 10.2. The van der Waals surface area contributed by atoms with Gasteiger partial charge in [0.1, 0.15) is 11.6 Å². The van der Waals surface area contributed by atoms with E-state index in [0.29, 0.717) is 5.75 Å². The Morgan fingerprint density at radius 3 is 2.50 bits per heavy atom. The second-order valence-electron chi connectivity index (χ2n) is 5.58. The molecule has 5 nitrogen and oxygen atoms in total. The predicted octanol–water partition coefficient (Wildman–Crippen LogP) is 3.05. The first kappa shape index (κ1) is 12.9. The molecule has 0 aliphatic carbocycles. The third-order valence-corrected chi connectivity index (χ3v) is 4.08. The lowest BCUT2D eigenvalue weighted by Gasteiger charge is -2.09. The molecule has 0 radical (unpaired) electrons. The molecular formula is C17H16N4O. The topological polar surface area (TPSA) is 55.4 Å². The summed E-state index contributed by atoms with van der Waals surface area (Å²) in [5, 5.41) is 17.7. The Labute approximate surface area is 127 Å². The van der Waals surface area contributed by atoms with Gasteiger partial charge in [-0.05, 0) is 49.7 Å². The molecule has 0 atom stereocenters. The third kappa shape index (κ3) is 1.86. The van der Waals surface area contributed by atoms with Crippen LogP contribution < -0.4 is 0 Å². The summed E-state index contributed by atoms with van der Waals surface area (Å²) >= 11 is 0. The normalized spacial score (nSPS) is 11.5. The summed E-state index contributed by atoms with van der Waals surface area (Å²) in [5.74, 6) is 1.18. The van der Waals surface area contributed by atoms with Crippen LogP contribution in [0.4, 0.5) is 0 Å². The van der Waals surface area contributed by atoms with Crippen molar-refractivity contribution in [1.29, 1.82) is 0 Å². The largest absolute Gasteiger partial charge is 0.508 e. The van der Waals surface area contributed by atoms with Crippen molar-refractivity contribution in [2.75, 3.05) is 0 Å². The molecule has 3 heterocycles. The standard InChI is InChI=1S/C17H16N4O/c1-11-9-16-15(7-8-17-19-18-12(2)21(16)17)20(11)10-13-3-5-14(22)6-4-13/h3-9,22H,10H2,1-2H3. The fourth-order valence-corrected chi connectivity index (χ4v) is 2.96. The second kappa shape index (κ2) is 4.59. The summed E-state index contributed by atoms with van der Waals surface area (Å²) in [5.41, 5.74) is 5.48. The van der Waals surface area contributed by atoms with E-state index < -0.39 is 0 Å². The first-order valence-electron chi connectivity index (χ1n) is 7.22. The second-order valence-corrected chi connectivity index (χ2v) is 5.58. The lowest BCUT2D eigenvalue weighted by Crippen LogP contribution is -2.01. The number of pyridine rings is 1. The number of fused-ring (bicyclic) bond motifs is 3. The zero-order valence-electron chi connectivity index (χ0n) is 12.5. The van der Waals surface area contributed by atoms with E-state index in [2.05, 4.69) is 38.2 Å². The molecule has 0 aliphatic heterocycles. The monoisotopic (exact) mass is 292 g/mol. The number of phenolic OH excluding ortho intramolecular Hbond substituents is 1. The Bertz CT molecular complexity index is 979. The lowest BCUT2D eigenvalue weighted by molar-refractivity contribution is 0.475.